The summed E-state index contributed by atoms with van der Waals surface area (Å²) in [6.45, 7) is 1.48. The van der Waals surface area contributed by atoms with E-state index in [4.69, 9.17) is 4.74 Å². The van der Waals surface area contributed by atoms with Crippen LogP contribution in [0.2, 0.25) is 0 Å². The minimum Gasteiger partial charge on any atom is -0.484 e. The number of amides is 2. The number of nitrogens with one attached hydrogen (secondary N) is 1. The molecule has 2 aromatic carbocycles. The summed E-state index contributed by atoms with van der Waals surface area (Å²) >= 11 is 0. The van der Waals surface area contributed by atoms with Gasteiger partial charge in [0.25, 0.3) is 11.8 Å². The molecule has 1 fully saturated rings. The highest BCUT2D eigenvalue weighted by molar-refractivity contribution is 6.04. The normalized spacial score (nSPS) is 16.3. The molecule has 0 aromatic heterocycles. The molecule has 0 unspecified atom stereocenters. The summed E-state index contributed by atoms with van der Waals surface area (Å²) in [5, 5.41) is 2.87. The minimum absolute atomic E-state index is 0.0107. The van der Waals surface area contributed by atoms with Crippen LogP contribution in [0.4, 0.5) is 5.69 Å². The highest BCUT2D eigenvalue weighted by Crippen LogP contribution is 2.25. The molecule has 1 saturated heterocycles. The Morgan fingerprint density at radius 1 is 0.867 bits per heavy atom. The first-order valence-electron chi connectivity index (χ1n) is 11.1. The Morgan fingerprint density at radius 2 is 1.60 bits per heavy atom. The smallest absolute Gasteiger partial charge is 0.262 e. The van der Waals surface area contributed by atoms with Crippen molar-refractivity contribution < 1.29 is 14.3 Å². The van der Waals surface area contributed by atoms with E-state index in [9.17, 15) is 9.59 Å². The summed E-state index contributed by atoms with van der Waals surface area (Å²) in [4.78, 5) is 27.4. The maximum atomic E-state index is 13.0. The largest absolute Gasteiger partial charge is 0.484 e. The maximum Gasteiger partial charge on any atom is 0.262 e. The molecule has 2 aromatic rings. The number of carbonyl (C=O) groups excluding carboxylic acids is 2. The summed E-state index contributed by atoms with van der Waals surface area (Å²) in [6.07, 6.45) is 9.06. The third kappa shape index (κ3) is 5.02. The van der Waals surface area contributed by atoms with Crippen LogP contribution >= 0.6 is 0 Å². The fraction of sp³-hybridized carbons (Fsp3) is 0.440. The van der Waals surface area contributed by atoms with Crippen molar-refractivity contribution in [3.8, 4) is 5.75 Å². The third-order valence-corrected chi connectivity index (χ3v) is 6.01. The second-order valence-corrected chi connectivity index (χ2v) is 8.23. The van der Waals surface area contributed by atoms with E-state index < -0.39 is 0 Å². The molecule has 1 aliphatic carbocycles. The summed E-state index contributed by atoms with van der Waals surface area (Å²) in [5.74, 6) is 0.451. The first-order chi connectivity index (χ1) is 14.7. The van der Waals surface area contributed by atoms with Gasteiger partial charge in [-0.3, -0.25) is 9.59 Å². The van der Waals surface area contributed by atoms with E-state index in [1.807, 2.05) is 23.1 Å². The van der Waals surface area contributed by atoms with Crippen molar-refractivity contribution in [3.63, 3.8) is 0 Å². The summed E-state index contributed by atoms with van der Waals surface area (Å²) in [7, 11) is 0. The number of nitrogens with zero attached hydrogens (tertiary/aromatic N) is 1. The number of carbonyl (C=O) groups is 2. The van der Waals surface area contributed by atoms with Crippen molar-refractivity contribution in [2.45, 2.75) is 51.4 Å². The highest BCUT2D eigenvalue weighted by atomic mass is 16.5. The molecule has 158 valence electrons. The van der Waals surface area contributed by atoms with Gasteiger partial charge < -0.3 is 15.0 Å². The molecule has 1 aliphatic heterocycles. The van der Waals surface area contributed by atoms with Crippen molar-refractivity contribution in [2.75, 3.05) is 25.0 Å². The van der Waals surface area contributed by atoms with Gasteiger partial charge in [-0.15, -0.1) is 0 Å². The lowest BCUT2D eigenvalue weighted by atomic mass is 9.92. The average Bonchev–Trinajstić information content (AvgIpc) is 3.07. The molecule has 0 bridgehead atoms. The molecular weight excluding hydrogens is 376 g/mol. The van der Waals surface area contributed by atoms with Gasteiger partial charge in [0, 0.05) is 13.1 Å². The monoisotopic (exact) mass is 406 g/mol. The average molecular weight is 407 g/mol. The lowest BCUT2D eigenvalue weighted by molar-refractivity contribution is -0.118. The molecule has 0 radical (unpaired) electrons. The lowest BCUT2D eigenvalue weighted by Gasteiger charge is -2.22. The molecular formula is C25H30N2O3. The van der Waals surface area contributed by atoms with E-state index >= 15 is 0 Å². The van der Waals surface area contributed by atoms with Gasteiger partial charge in [-0.1, -0.05) is 31.0 Å². The first-order valence-corrected chi connectivity index (χ1v) is 11.1. The maximum absolute atomic E-state index is 13.0. The second kappa shape index (κ2) is 9.79. The predicted molar refractivity (Wildman–Crippen MR) is 118 cm³/mol. The van der Waals surface area contributed by atoms with E-state index in [2.05, 4.69) is 17.4 Å². The summed E-state index contributed by atoms with van der Waals surface area (Å²) < 4.78 is 5.73. The molecule has 5 heteroatoms. The minimum atomic E-state index is -0.260. The number of fused-ring (bicyclic) bond motifs is 1. The Balaban J connectivity index is 1.38. The Labute approximate surface area is 178 Å². The van der Waals surface area contributed by atoms with Crippen molar-refractivity contribution in [1.29, 1.82) is 0 Å². The number of para-hydroxylation sites is 1. The predicted octanol–water partition coefficient (Wildman–Crippen LogP) is 4.60. The van der Waals surface area contributed by atoms with E-state index in [1.165, 1.54) is 36.8 Å². The quantitative estimate of drug-likeness (QED) is 0.790. The number of hydrogen-bond donors (Lipinski definition) is 1. The zero-order valence-electron chi connectivity index (χ0n) is 17.5. The van der Waals surface area contributed by atoms with Crippen molar-refractivity contribution in [2.24, 2.45) is 0 Å². The Kier molecular flexibility index (Phi) is 6.67. The number of rotatable bonds is 5. The second-order valence-electron chi connectivity index (χ2n) is 8.23. The Bertz CT molecular complexity index is 901. The van der Waals surface area contributed by atoms with E-state index in [-0.39, 0.29) is 18.4 Å². The van der Waals surface area contributed by atoms with E-state index in [0.29, 0.717) is 11.3 Å². The molecule has 1 N–H and O–H groups in total. The number of hydrogen-bond acceptors (Lipinski definition) is 3. The van der Waals surface area contributed by atoms with Crippen LogP contribution in [-0.4, -0.2) is 36.4 Å². The number of aryl methyl sites for hydroxylation is 2. The fourth-order valence-corrected chi connectivity index (χ4v) is 4.36. The van der Waals surface area contributed by atoms with Crippen LogP contribution in [0.25, 0.3) is 0 Å². The molecule has 2 amide bonds. The topological polar surface area (TPSA) is 58.6 Å². The van der Waals surface area contributed by atoms with Crippen LogP contribution < -0.4 is 10.1 Å². The number of anilines is 1. The van der Waals surface area contributed by atoms with Gasteiger partial charge in [-0.2, -0.15) is 0 Å². The molecule has 30 heavy (non-hydrogen) atoms. The zero-order valence-corrected chi connectivity index (χ0v) is 17.5. The van der Waals surface area contributed by atoms with Gasteiger partial charge >= 0.3 is 0 Å². The highest BCUT2D eigenvalue weighted by Gasteiger charge is 2.20. The van der Waals surface area contributed by atoms with Gasteiger partial charge in [-0.05, 0) is 73.9 Å². The SMILES string of the molecule is O=C(COc1ccc2c(c1)CCCC2)Nc1ccccc1C(=O)N1CCCCCC1. The van der Waals surface area contributed by atoms with Crippen LogP contribution in [0, 0.1) is 0 Å². The summed E-state index contributed by atoms with van der Waals surface area (Å²) in [6, 6.07) is 13.3. The molecule has 5 nitrogen and oxygen atoms in total. The van der Waals surface area contributed by atoms with Crippen LogP contribution in [0.3, 0.4) is 0 Å². The number of likely N-dealkylation sites (tertiary alicyclic amines) is 1. The molecule has 0 atom stereocenters. The van der Waals surface area contributed by atoms with E-state index in [1.54, 1.807) is 12.1 Å². The Morgan fingerprint density at radius 3 is 2.40 bits per heavy atom. The molecule has 0 spiro atoms. The molecule has 0 saturated carbocycles. The lowest BCUT2D eigenvalue weighted by Crippen LogP contribution is -2.33. The standard InChI is InChI=1S/C25H30N2O3/c28-24(18-30-21-14-13-19-9-3-4-10-20(19)17-21)26-23-12-6-5-11-22(23)25(29)27-15-7-1-2-8-16-27/h5-6,11-14,17H,1-4,7-10,15-16,18H2,(H,26,28). The summed E-state index contributed by atoms with van der Waals surface area (Å²) in [5.41, 5.74) is 3.80. The van der Waals surface area contributed by atoms with Gasteiger partial charge in [0.05, 0.1) is 11.3 Å². The van der Waals surface area contributed by atoms with Crippen molar-refractivity contribution in [1.82, 2.24) is 4.90 Å². The third-order valence-electron chi connectivity index (χ3n) is 6.01. The van der Waals surface area contributed by atoms with Gasteiger partial charge in [-0.25, -0.2) is 0 Å². The zero-order chi connectivity index (χ0) is 20.8. The van der Waals surface area contributed by atoms with Crippen LogP contribution in [0.1, 0.15) is 60.0 Å². The Hall–Kier alpha value is -2.82. The van der Waals surface area contributed by atoms with Crippen LogP contribution in [-0.2, 0) is 17.6 Å². The number of ether oxygens (including phenoxy) is 1. The van der Waals surface area contributed by atoms with Crippen molar-refractivity contribution >= 4 is 17.5 Å². The molecule has 4 rings (SSSR count). The van der Waals surface area contributed by atoms with Crippen molar-refractivity contribution in [3.05, 3.63) is 59.2 Å². The molecule has 2 aliphatic rings. The first kappa shape index (κ1) is 20.5. The van der Waals surface area contributed by atoms with Crippen LogP contribution in [0.15, 0.2) is 42.5 Å². The molecule has 1 heterocycles. The van der Waals surface area contributed by atoms with Gasteiger partial charge in [0.15, 0.2) is 6.61 Å². The van der Waals surface area contributed by atoms with E-state index in [0.717, 1.165) is 44.5 Å². The van der Waals surface area contributed by atoms with Crippen LogP contribution in [0.5, 0.6) is 5.75 Å². The van der Waals surface area contributed by atoms with Gasteiger partial charge in [0.2, 0.25) is 0 Å². The van der Waals surface area contributed by atoms with Gasteiger partial charge in [0.1, 0.15) is 5.75 Å². The fourth-order valence-electron chi connectivity index (χ4n) is 4.36. The number of benzene rings is 2.